The number of carbonyl (C=O) groups is 1. The molecule has 7 aromatic rings. The minimum Gasteiger partial charge on any atom is -0.507 e. The average Bonchev–Trinajstić information content (AvgIpc) is 3.05. The van der Waals surface area contributed by atoms with Crippen LogP contribution in [0.5, 0.6) is 11.5 Å². The zero-order valence-electron chi connectivity index (χ0n) is 23.2. The third-order valence-corrected chi connectivity index (χ3v) is 8.10. The summed E-state index contributed by atoms with van der Waals surface area (Å²) >= 11 is 0. The number of esters is 1. The van der Waals surface area contributed by atoms with Gasteiger partial charge in [-0.05, 0) is 61.6 Å². The number of phenolic OH excluding ortho intramolecular Hbond substituents is 1. The smallest absolute Gasteiger partial charge is 0.321 e. The summed E-state index contributed by atoms with van der Waals surface area (Å²) in [5, 5.41) is 28.6. The van der Waals surface area contributed by atoms with Crippen LogP contribution in [0.3, 0.4) is 0 Å². The fourth-order valence-electron chi connectivity index (χ4n) is 5.98. The van der Waals surface area contributed by atoms with Crippen molar-refractivity contribution in [1.82, 2.24) is 0 Å². The van der Waals surface area contributed by atoms with E-state index in [4.69, 9.17) is 4.74 Å². The topological polar surface area (TPSA) is 66.8 Å². The van der Waals surface area contributed by atoms with Crippen LogP contribution < -0.4 is 4.74 Å². The second-order valence-electron chi connectivity index (χ2n) is 10.7. The first-order chi connectivity index (χ1) is 21.1. The number of hydrogen-bond acceptors (Lipinski definition) is 4. The summed E-state index contributed by atoms with van der Waals surface area (Å²) < 4.78 is 6.25. The van der Waals surface area contributed by atoms with Crippen LogP contribution in [0.15, 0.2) is 146 Å². The van der Waals surface area contributed by atoms with Crippen molar-refractivity contribution in [2.24, 2.45) is 0 Å². The van der Waals surface area contributed by atoms with E-state index < -0.39 is 18.0 Å². The molecule has 0 fully saturated rings. The van der Waals surface area contributed by atoms with Crippen LogP contribution >= 0.6 is 0 Å². The second kappa shape index (κ2) is 11.1. The molecule has 7 aromatic carbocycles. The van der Waals surface area contributed by atoms with Crippen molar-refractivity contribution >= 4 is 38.3 Å². The Bertz CT molecular complexity index is 2120. The van der Waals surface area contributed by atoms with Crippen LogP contribution in [0.25, 0.3) is 43.4 Å². The number of hydrogen-bond donors (Lipinski definition) is 2. The van der Waals surface area contributed by atoms with Crippen molar-refractivity contribution in [3.63, 3.8) is 0 Å². The fraction of sp³-hybridized carbons (Fsp3) is 0.0513. The van der Waals surface area contributed by atoms with Gasteiger partial charge >= 0.3 is 5.97 Å². The Morgan fingerprint density at radius 3 is 1.81 bits per heavy atom. The summed E-state index contributed by atoms with van der Waals surface area (Å²) in [6, 6.07) is 45.7. The van der Waals surface area contributed by atoms with Gasteiger partial charge in [0.15, 0.2) is 0 Å². The van der Waals surface area contributed by atoms with Gasteiger partial charge in [-0.1, -0.05) is 127 Å². The number of benzene rings is 7. The Morgan fingerprint density at radius 1 is 0.535 bits per heavy atom. The number of ether oxygens (including phenoxy) is 1. The zero-order chi connectivity index (χ0) is 29.3. The van der Waals surface area contributed by atoms with Gasteiger partial charge in [0.2, 0.25) is 0 Å². The lowest BCUT2D eigenvalue weighted by molar-refractivity contribution is -0.139. The molecule has 0 aliphatic carbocycles. The van der Waals surface area contributed by atoms with Crippen molar-refractivity contribution in [1.29, 1.82) is 0 Å². The van der Waals surface area contributed by atoms with Gasteiger partial charge in [0.05, 0.1) is 6.10 Å². The SMILES string of the molecule is O=C(Oc1ccc2ccccc2c1-c1c(O)ccc2ccccc12)[C@H](c1ccccc1)[C@H](O)c1ccc2ccccc2c1. The molecule has 2 atom stereocenters. The highest BCUT2D eigenvalue weighted by Crippen LogP contribution is 2.46. The van der Waals surface area contributed by atoms with E-state index in [0.29, 0.717) is 28.0 Å². The van der Waals surface area contributed by atoms with Crippen molar-refractivity contribution in [2.45, 2.75) is 12.0 Å². The number of phenols is 1. The molecule has 0 aromatic heterocycles. The lowest BCUT2D eigenvalue weighted by Crippen LogP contribution is -2.25. The van der Waals surface area contributed by atoms with E-state index in [9.17, 15) is 15.0 Å². The molecule has 4 heteroatoms. The maximum absolute atomic E-state index is 14.2. The van der Waals surface area contributed by atoms with Crippen molar-refractivity contribution < 1.29 is 19.7 Å². The molecular weight excluding hydrogens is 532 g/mol. The van der Waals surface area contributed by atoms with Crippen LogP contribution in [-0.4, -0.2) is 16.2 Å². The minimum absolute atomic E-state index is 0.0863. The third-order valence-electron chi connectivity index (χ3n) is 8.10. The van der Waals surface area contributed by atoms with Crippen LogP contribution in [0, 0.1) is 0 Å². The molecule has 0 aliphatic rings. The van der Waals surface area contributed by atoms with Crippen molar-refractivity contribution in [2.75, 3.05) is 0 Å². The highest BCUT2D eigenvalue weighted by atomic mass is 16.5. The molecule has 0 heterocycles. The van der Waals surface area contributed by atoms with Crippen molar-refractivity contribution in [3.05, 3.63) is 157 Å². The normalized spacial score (nSPS) is 12.8. The lowest BCUT2D eigenvalue weighted by atomic mass is 9.88. The summed E-state index contributed by atoms with van der Waals surface area (Å²) in [6.45, 7) is 0. The molecule has 0 unspecified atom stereocenters. The van der Waals surface area contributed by atoms with Gasteiger partial charge < -0.3 is 14.9 Å². The first-order valence-electron chi connectivity index (χ1n) is 14.2. The van der Waals surface area contributed by atoms with E-state index in [1.54, 1.807) is 12.1 Å². The van der Waals surface area contributed by atoms with Gasteiger partial charge in [0.25, 0.3) is 0 Å². The molecule has 0 amide bonds. The van der Waals surface area contributed by atoms with E-state index >= 15 is 0 Å². The summed E-state index contributed by atoms with van der Waals surface area (Å²) in [5.41, 5.74) is 2.47. The molecule has 0 spiro atoms. The maximum atomic E-state index is 14.2. The van der Waals surface area contributed by atoms with E-state index in [-0.39, 0.29) is 5.75 Å². The Hall–Kier alpha value is -5.45. The van der Waals surface area contributed by atoms with E-state index in [0.717, 1.165) is 32.3 Å². The maximum Gasteiger partial charge on any atom is 0.321 e. The molecule has 4 nitrogen and oxygen atoms in total. The van der Waals surface area contributed by atoms with Crippen LogP contribution in [-0.2, 0) is 4.79 Å². The standard InChI is InChI=1S/C39H28O4/c40-33-22-20-26-11-6-8-16-31(26)36(33)37-32-17-9-7-12-27(32)21-23-34(37)43-39(42)35(28-13-2-1-3-14-28)38(41)30-19-18-25-10-4-5-15-29(25)24-30/h1-24,35,38,40-41H/t35-,38-/m1/s1. The molecule has 208 valence electrons. The molecule has 0 aliphatic heterocycles. The number of aliphatic hydroxyl groups excluding tert-OH is 1. The highest BCUT2D eigenvalue weighted by Gasteiger charge is 2.33. The van der Waals surface area contributed by atoms with E-state index in [1.165, 1.54) is 0 Å². The third kappa shape index (κ3) is 4.88. The number of aliphatic hydroxyl groups is 1. The molecule has 43 heavy (non-hydrogen) atoms. The monoisotopic (exact) mass is 560 g/mol. The lowest BCUT2D eigenvalue weighted by Gasteiger charge is -2.24. The Kier molecular flexibility index (Phi) is 6.82. The first kappa shape index (κ1) is 26.4. The number of rotatable bonds is 6. The quantitative estimate of drug-likeness (QED) is 0.157. The summed E-state index contributed by atoms with van der Waals surface area (Å²) in [5.74, 6) is -1.20. The molecule has 0 radical (unpaired) electrons. The number of carbonyl (C=O) groups excluding carboxylic acids is 1. The first-order valence-corrected chi connectivity index (χ1v) is 14.2. The predicted molar refractivity (Wildman–Crippen MR) is 172 cm³/mol. The van der Waals surface area contributed by atoms with Gasteiger partial charge in [-0.3, -0.25) is 4.79 Å². The van der Waals surface area contributed by atoms with Gasteiger partial charge in [-0.15, -0.1) is 0 Å². The molecule has 2 N–H and O–H groups in total. The predicted octanol–water partition coefficient (Wildman–Crippen LogP) is 8.94. The summed E-state index contributed by atoms with van der Waals surface area (Å²) in [6.07, 6.45) is -1.16. The van der Waals surface area contributed by atoms with Crippen molar-refractivity contribution in [3.8, 4) is 22.6 Å². The molecule has 0 saturated heterocycles. The second-order valence-corrected chi connectivity index (χ2v) is 10.7. The zero-order valence-corrected chi connectivity index (χ0v) is 23.2. The number of fused-ring (bicyclic) bond motifs is 3. The Balaban J connectivity index is 1.37. The largest absolute Gasteiger partial charge is 0.507 e. The molecule has 0 bridgehead atoms. The highest BCUT2D eigenvalue weighted by molar-refractivity contribution is 6.10. The molecule has 7 rings (SSSR count). The Morgan fingerprint density at radius 2 is 1.09 bits per heavy atom. The summed E-state index contributed by atoms with van der Waals surface area (Å²) in [4.78, 5) is 14.2. The van der Waals surface area contributed by atoms with Crippen LogP contribution in [0.4, 0.5) is 0 Å². The van der Waals surface area contributed by atoms with Gasteiger partial charge in [-0.25, -0.2) is 0 Å². The average molecular weight is 561 g/mol. The van der Waals surface area contributed by atoms with Gasteiger partial charge in [0.1, 0.15) is 17.4 Å². The van der Waals surface area contributed by atoms with E-state index in [1.807, 2.05) is 133 Å². The minimum atomic E-state index is -1.16. The fourth-order valence-corrected chi connectivity index (χ4v) is 5.98. The summed E-state index contributed by atoms with van der Waals surface area (Å²) in [7, 11) is 0. The molecule has 0 saturated carbocycles. The van der Waals surface area contributed by atoms with E-state index in [2.05, 4.69) is 0 Å². The Labute approximate surface area is 249 Å². The van der Waals surface area contributed by atoms with Crippen LogP contribution in [0.2, 0.25) is 0 Å². The van der Waals surface area contributed by atoms with Gasteiger partial charge in [-0.2, -0.15) is 0 Å². The van der Waals surface area contributed by atoms with Gasteiger partial charge in [0, 0.05) is 11.1 Å². The number of aromatic hydroxyl groups is 1. The molecular formula is C39H28O4. The van der Waals surface area contributed by atoms with Crippen LogP contribution in [0.1, 0.15) is 23.1 Å².